The number of phosphoric acid groups is 2. The minimum Gasteiger partial charge on any atom is -0.462 e. The van der Waals surface area contributed by atoms with E-state index in [2.05, 4.69) is 34.6 Å². The van der Waals surface area contributed by atoms with Crippen molar-refractivity contribution in [3.63, 3.8) is 0 Å². The lowest BCUT2D eigenvalue weighted by Gasteiger charge is -2.21. The second kappa shape index (κ2) is 70.1. The second-order valence-corrected chi connectivity index (χ2v) is 31.1. The Hall–Kier alpha value is -1.94. The van der Waals surface area contributed by atoms with Crippen LogP contribution in [0.25, 0.3) is 0 Å². The number of carbonyl (C=O) groups excluding carboxylic acids is 4. The van der Waals surface area contributed by atoms with Crippen molar-refractivity contribution in [3.8, 4) is 0 Å². The van der Waals surface area contributed by atoms with E-state index < -0.39 is 97.5 Å². The molecule has 0 aliphatic rings. The van der Waals surface area contributed by atoms with Crippen LogP contribution in [0.2, 0.25) is 0 Å². The average molecular weight is 1410 g/mol. The van der Waals surface area contributed by atoms with Gasteiger partial charge >= 0.3 is 39.5 Å². The Kier molecular flexibility index (Phi) is 68.7. The molecule has 0 saturated carbocycles. The molecule has 0 aliphatic carbocycles. The highest BCUT2D eigenvalue weighted by Crippen LogP contribution is 2.45. The molecule has 19 heteroatoms. The summed E-state index contributed by atoms with van der Waals surface area (Å²) in [5, 5.41) is 10.6. The van der Waals surface area contributed by atoms with Crippen molar-refractivity contribution >= 4 is 39.5 Å². The molecule has 0 fully saturated rings. The number of rotatable bonds is 77. The SMILES string of the molecule is CCCCCCCCCCCCCCCCCCC(=O)OC[C@H](COP(=O)(O)OC[C@@H](O)COP(=O)(O)OC[C@@H](COC(=O)CCCCCCC)OC(=O)CCCCCCCCCCCCCCCC)OC(=O)CCCCCCCCCCCCCCCCCCCCC(C)C. The fourth-order valence-corrected chi connectivity index (χ4v) is 13.5. The molecule has 0 saturated heterocycles. The Morgan fingerprint density at radius 1 is 0.281 bits per heavy atom. The van der Waals surface area contributed by atoms with Crippen LogP contribution in [0.5, 0.6) is 0 Å². The maximum absolute atomic E-state index is 13.1. The molecule has 570 valence electrons. The fraction of sp³-hybridized carbons (Fsp3) is 0.948. The number of aliphatic hydroxyl groups excluding tert-OH is 1. The van der Waals surface area contributed by atoms with Gasteiger partial charge in [0.05, 0.1) is 26.4 Å². The fourth-order valence-electron chi connectivity index (χ4n) is 11.9. The van der Waals surface area contributed by atoms with E-state index in [1.807, 2.05) is 0 Å². The normalized spacial score (nSPS) is 13.9. The van der Waals surface area contributed by atoms with E-state index in [1.54, 1.807) is 0 Å². The molecular weight excluding hydrogens is 1260 g/mol. The zero-order valence-corrected chi connectivity index (χ0v) is 64.3. The summed E-state index contributed by atoms with van der Waals surface area (Å²) >= 11 is 0. The molecule has 0 aromatic rings. The maximum atomic E-state index is 13.1. The van der Waals surface area contributed by atoms with Gasteiger partial charge in [0, 0.05) is 25.7 Å². The highest BCUT2D eigenvalue weighted by atomic mass is 31.2. The maximum Gasteiger partial charge on any atom is 0.472 e. The predicted molar refractivity (Wildman–Crippen MR) is 391 cm³/mol. The zero-order chi connectivity index (χ0) is 70.5. The lowest BCUT2D eigenvalue weighted by Crippen LogP contribution is -2.30. The predicted octanol–water partition coefficient (Wildman–Crippen LogP) is 22.9. The van der Waals surface area contributed by atoms with Crippen molar-refractivity contribution in [2.75, 3.05) is 39.6 Å². The third-order valence-corrected chi connectivity index (χ3v) is 19.9. The van der Waals surface area contributed by atoms with Gasteiger partial charge < -0.3 is 33.8 Å². The lowest BCUT2D eigenvalue weighted by molar-refractivity contribution is -0.161. The number of hydrogen-bond acceptors (Lipinski definition) is 15. The van der Waals surface area contributed by atoms with Crippen LogP contribution in [-0.4, -0.2) is 96.7 Å². The van der Waals surface area contributed by atoms with Crippen LogP contribution in [0.1, 0.15) is 407 Å². The molecule has 0 aliphatic heterocycles. The topological polar surface area (TPSA) is 237 Å². The number of esters is 4. The molecule has 0 bridgehead atoms. The van der Waals surface area contributed by atoms with Crippen molar-refractivity contribution in [2.45, 2.75) is 425 Å². The minimum atomic E-state index is -4.96. The summed E-state index contributed by atoms with van der Waals surface area (Å²) in [7, 11) is -9.90. The quantitative estimate of drug-likeness (QED) is 0.0222. The molecular formula is C77H150O17P2. The van der Waals surface area contributed by atoms with Crippen molar-refractivity contribution in [1.29, 1.82) is 0 Å². The first-order valence-electron chi connectivity index (χ1n) is 40.1. The third kappa shape index (κ3) is 70.5. The third-order valence-electron chi connectivity index (χ3n) is 18.0. The summed E-state index contributed by atoms with van der Waals surface area (Å²) in [6.07, 6.45) is 60.1. The van der Waals surface area contributed by atoms with E-state index in [9.17, 15) is 43.2 Å². The van der Waals surface area contributed by atoms with E-state index in [0.717, 1.165) is 102 Å². The highest BCUT2D eigenvalue weighted by molar-refractivity contribution is 7.47. The molecule has 3 N–H and O–H groups in total. The van der Waals surface area contributed by atoms with Gasteiger partial charge in [-0.2, -0.15) is 0 Å². The first-order chi connectivity index (χ1) is 46.5. The number of aliphatic hydroxyl groups is 1. The Bertz CT molecular complexity index is 1840. The van der Waals surface area contributed by atoms with Crippen LogP contribution >= 0.6 is 15.6 Å². The standard InChI is InChI=1S/C77H150O17P2/c1-6-9-12-15-17-19-21-23-25-31-35-38-42-46-51-56-61-75(80)88-67-73(94-77(82)63-58-53-48-44-40-36-32-29-27-26-28-30-33-37-41-45-50-54-59-70(4)5)69-92-96(85,86)90-65-71(78)64-89-95(83,84)91-68-72(66-87-74(79)60-55-49-14-11-8-3)93-76(81)62-57-52-47-43-39-34-24-22-20-18-16-13-10-7-2/h70-73,78H,6-69H2,1-5H3,(H,83,84)(H,85,86)/t71-,72+,73+/m0/s1. The van der Waals surface area contributed by atoms with Crippen molar-refractivity contribution < 1.29 is 80.2 Å². The Labute approximate surface area is 588 Å². The van der Waals surface area contributed by atoms with Crippen LogP contribution in [0.3, 0.4) is 0 Å². The van der Waals surface area contributed by atoms with Gasteiger partial charge in [-0.15, -0.1) is 0 Å². The summed E-state index contributed by atoms with van der Waals surface area (Å²) < 4.78 is 68.3. The largest absolute Gasteiger partial charge is 0.472 e. The number of hydrogen-bond donors (Lipinski definition) is 3. The zero-order valence-electron chi connectivity index (χ0n) is 62.5. The molecule has 0 spiro atoms. The lowest BCUT2D eigenvalue weighted by atomic mass is 10.0. The van der Waals surface area contributed by atoms with Gasteiger partial charge in [-0.1, -0.05) is 356 Å². The Balaban J connectivity index is 5.12. The molecule has 2 unspecified atom stereocenters. The molecule has 0 aromatic heterocycles. The molecule has 0 radical (unpaired) electrons. The minimum absolute atomic E-state index is 0.107. The van der Waals surface area contributed by atoms with Gasteiger partial charge in [0.25, 0.3) is 0 Å². The Morgan fingerprint density at radius 2 is 0.479 bits per heavy atom. The van der Waals surface area contributed by atoms with Crippen LogP contribution in [0.15, 0.2) is 0 Å². The van der Waals surface area contributed by atoms with Crippen molar-refractivity contribution in [3.05, 3.63) is 0 Å². The number of unbranched alkanes of at least 4 members (excludes halogenated alkanes) is 49. The van der Waals surface area contributed by atoms with Crippen molar-refractivity contribution in [2.24, 2.45) is 5.92 Å². The van der Waals surface area contributed by atoms with Crippen LogP contribution in [0.4, 0.5) is 0 Å². The van der Waals surface area contributed by atoms with E-state index in [4.69, 9.17) is 37.0 Å². The van der Waals surface area contributed by atoms with E-state index >= 15 is 0 Å². The van der Waals surface area contributed by atoms with Crippen molar-refractivity contribution in [1.82, 2.24) is 0 Å². The van der Waals surface area contributed by atoms with Gasteiger partial charge in [0.2, 0.25) is 0 Å². The van der Waals surface area contributed by atoms with E-state index in [-0.39, 0.29) is 25.7 Å². The smallest absolute Gasteiger partial charge is 0.462 e. The van der Waals surface area contributed by atoms with Crippen LogP contribution in [-0.2, 0) is 65.4 Å². The molecule has 5 atom stereocenters. The van der Waals surface area contributed by atoms with Gasteiger partial charge in [0.1, 0.15) is 19.3 Å². The molecule has 0 heterocycles. The van der Waals surface area contributed by atoms with Gasteiger partial charge in [-0.05, 0) is 31.6 Å². The molecule has 96 heavy (non-hydrogen) atoms. The summed E-state index contributed by atoms with van der Waals surface area (Å²) in [6.45, 7) is 7.25. The van der Waals surface area contributed by atoms with Gasteiger partial charge in [0.15, 0.2) is 12.2 Å². The first kappa shape index (κ1) is 94.1. The van der Waals surface area contributed by atoms with E-state index in [1.165, 1.54) is 225 Å². The first-order valence-corrected chi connectivity index (χ1v) is 43.1. The molecule has 0 rings (SSSR count). The number of carbonyl (C=O) groups is 4. The van der Waals surface area contributed by atoms with Crippen LogP contribution < -0.4 is 0 Å². The summed E-state index contributed by atoms with van der Waals surface area (Å²) in [5.41, 5.74) is 0. The molecule has 0 amide bonds. The van der Waals surface area contributed by atoms with E-state index in [0.29, 0.717) is 25.7 Å². The summed E-state index contributed by atoms with van der Waals surface area (Å²) in [4.78, 5) is 72.6. The monoisotopic (exact) mass is 1410 g/mol. The molecule has 17 nitrogen and oxygen atoms in total. The van der Waals surface area contributed by atoms with Gasteiger partial charge in [-0.3, -0.25) is 37.3 Å². The van der Waals surface area contributed by atoms with Crippen LogP contribution in [0, 0.1) is 5.92 Å². The summed E-state index contributed by atoms with van der Waals surface area (Å²) in [6, 6.07) is 0. The average Bonchev–Trinajstić information content (AvgIpc) is 1.11. The number of phosphoric ester groups is 2. The summed E-state index contributed by atoms with van der Waals surface area (Å²) in [5.74, 6) is -1.30. The molecule has 0 aromatic carbocycles. The highest BCUT2D eigenvalue weighted by Gasteiger charge is 2.30. The van der Waals surface area contributed by atoms with Gasteiger partial charge in [-0.25, -0.2) is 9.13 Å². The Morgan fingerprint density at radius 3 is 0.708 bits per heavy atom. The number of ether oxygens (including phenoxy) is 4. The second-order valence-electron chi connectivity index (χ2n) is 28.2.